The van der Waals surface area contributed by atoms with Crippen molar-refractivity contribution in [3.05, 3.63) is 16.5 Å². The van der Waals surface area contributed by atoms with Crippen LogP contribution in [0.4, 0.5) is 5.82 Å². The number of nitrogen functional groups attached to an aromatic ring is 1. The highest BCUT2D eigenvalue weighted by atomic mass is 79.9. The summed E-state index contributed by atoms with van der Waals surface area (Å²) in [5, 5.41) is 0. The van der Waals surface area contributed by atoms with E-state index in [1.165, 1.54) is 25.7 Å². The van der Waals surface area contributed by atoms with E-state index in [-0.39, 0.29) is 0 Å². The molecular formula is C10H16BrN3. The molecule has 1 aromatic heterocycles. The van der Waals surface area contributed by atoms with E-state index < -0.39 is 0 Å². The van der Waals surface area contributed by atoms with Crippen molar-refractivity contribution in [2.24, 2.45) is 0 Å². The van der Waals surface area contributed by atoms with Gasteiger partial charge in [-0.1, -0.05) is 26.2 Å². The van der Waals surface area contributed by atoms with E-state index in [4.69, 9.17) is 5.73 Å². The third-order valence-corrected chi connectivity index (χ3v) is 2.68. The molecule has 0 amide bonds. The SMILES string of the molecule is CCCCCCc1cnc(N)c(Br)n1. The first-order valence-corrected chi connectivity index (χ1v) is 5.80. The number of nitrogens with zero attached hydrogens (tertiary/aromatic N) is 2. The van der Waals surface area contributed by atoms with Crippen molar-refractivity contribution in [1.29, 1.82) is 0 Å². The number of halogens is 1. The van der Waals surface area contributed by atoms with E-state index in [2.05, 4.69) is 32.8 Å². The van der Waals surface area contributed by atoms with Gasteiger partial charge in [0.1, 0.15) is 4.60 Å². The van der Waals surface area contributed by atoms with Gasteiger partial charge in [0.15, 0.2) is 5.82 Å². The number of hydrogen-bond acceptors (Lipinski definition) is 3. The zero-order valence-corrected chi connectivity index (χ0v) is 10.0. The Bertz CT molecular complexity index is 289. The molecule has 0 aliphatic heterocycles. The summed E-state index contributed by atoms with van der Waals surface area (Å²) in [4.78, 5) is 8.35. The summed E-state index contributed by atoms with van der Waals surface area (Å²) in [6, 6.07) is 0. The number of anilines is 1. The van der Waals surface area contributed by atoms with Gasteiger partial charge in [0.05, 0.1) is 11.9 Å². The van der Waals surface area contributed by atoms with Crippen LogP contribution in [-0.4, -0.2) is 9.97 Å². The lowest BCUT2D eigenvalue weighted by molar-refractivity contribution is 0.659. The topological polar surface area (TPSA) is 51.8 Å². The van der Waals surface area contributed by atoms with Crippen molar-refractivity contribution >= 4 is 21.7 Å². The predicted molar refractivity (Wildman–Crippen MR) is 62.0 cm³/mol. The molecule has 0 aliphatic rings. The Balaban J connectivity index is 2.39. The van der Waals surface area contributed by atoms with Crippen LogP contribution < -0.4 is 5.73 Å². The van der Waals surface area contributed by atoms with Crippen LogP contribution in [0.5, 0.6) is 0 Å². The average molecular weight is 258 g/mol. The molecule has 0 atom stereocenters. The van der Waals surface area contributed by atoms with Gasteiger partial charge in [-0.15, -0.1) is 0 Å². The van der Waals surface area contributed by atoms with E-state index in [1.807, 2.05) is 0 Å². The fourth-order valence-corrected chi connectivity index (χ4v) is 1.59. The van der Waals surface area contributed by atoms with Crippen LogP contribution in [-0.2, 0) is 6.42 Å². The first-order valence-electron chi connectivity index (χ1n) is 5.01. The lowest BCUT2D eigenvalue weighted by Crippen LogP contribution is -1.98. The van der Waals surface area contributed by atoms with Crippen LogP contribution in [0, 0.1) is 0 Å². The molecule has 4 heteroatoms. The van der Waals surface area contributed by atoms with Gasteiger partial charge in [0.25, 0.3) is 0 Å². The smallest absolute Gasteiger partial charge is 0.156 e. The lowest BCUT2D eigenvalue weighted by atomic mass is 10.1. The van der Waals surface area contributed by atoms with Gasteiger partial charge in [0.2, 0.25) is 0 Å². The Morgan fingerprint density at radius 1 is 1.36 bits per heavy atom. The Kier molecular flexibility index (Phi) is 4.87. The molecule has 0 aromatic carbocycles. The quantitative estimate of drug-likeness (QED) is 0.826. The summed E-state index contributed by atoms with van der Waals surface area (Å²) in [6.45, 7) is 2.21. The monoisotopic (exact) mass is 257 g/mol. The number of rotatable bonds is 5. The van der Waals surface area contributed by atoms with E-state index in [0.717, 1.165) is 12.1 Å². The molecule has 0 spiro atoms. The molecule has 1 aromatic rings. The van der Waals surface area contributed by atoms with Crippen molar-refractivity contribution < 1.29 is 0 Å². The van der Waals surface area contributed by atoms with Crippen molar-refractivity contribution in [2.75, 3.05) is 5.73 Å². The Hall–Kier alpha value is -0.640. The number of aryl methyl sites for hydroxylation is 1. The third kappa shape index (κ3) is 3.62. The molecule has 0 saturated carbocycles. The van der Waals surface area contributed by atoms with Gasteiger partial charge >= 0.3 is 0 Å². The molecule has 0 fully saturated rings. The molecule has 1 rings (SSSR count). The number of nitrogens with two attached hydrogens (primary N) is 1. The predicted octanol–water partition coefficient (Wildman–Crippen LogP) is 2.94. The second-order valence-electron chi connectivity index (χ2n) is 3.35. The fraction of sp³-hybridized carbons (Fsp3) is 0.600. The molecule has 1 heterocycles. The molecular weight excluding hydrogens is 242 g/mol. The summed E-state index contributed by atoms with van der Waals surface area (Å²) >= 11 is 3.27. The lowest BCUT2D eigenvalue weighted by Gasteiger charge is -2.01. The molecule has 78 valence electrons. The van der Waals surface area contributed by atoms with Crippen LogP contribution in [0.3, 0.4) is 0 Å². The largest absolute Gasteiger partial charge is 0.381 e. The molecule has 2 N–H and O–H groups in total. The zero-order valence-electron chi connectivity index (χ0n) is 8.46. The van der Waals surface area contributed by atoms with Gasteiger partial charge in [-0.3, -0.25) is 0 Å². The van der Waals surface area contributed by atoms with E-state index in [9.17, 15) is 0 Å². The Morgan fingerprint density at radius 2 is 2.14 bits per heavy atom. The van der Waals surface area contributed by atoms with Crippen molar-refractivity contribution in [3.8, 4) is 0 Å². The summed E-state index contributed by atoms with van der Waals surface area (Å²) in [5.74, 6) is 0.460. The molecule has 0 unspecified atom stereocenters. The van der Waals surface area contributed by atoms with Crippen LogP contribution >= 0.6 is 15.9 Å². The maximum Gasteiger partial charge on any atom is 0.156 e. The van der Waals surface area contributed by atoms with Gasteiger partial charge in [-0.05, 0) is 28.8 Å². The van der Waals surface area contributed by atoms with Crippen LogP contribution in [0.1, 0.15) is 38.3 Å². The van der Waals surface area contributed by atoms with Crippen molar-refractivity contribution in [1.82, 2.24) is 9.97 Å². The maximum atomic E-state index is 5.54. The van der Waals surface area contributed by atoms with Crippen LogP contribution in [0.25, 0.3) is 0 Å². The van der Waals surface area contributed by atoms with Gasteiger partial charge in [0, 0.05) is 0 Å². The molecule has 14 heavy (non-hydrogen) atoms. The first kappa shape index (κ1) is 11.4. The van der Waals surface area contributed by atoms with Crippen molar-refractivity contribution in [2.45, 2.75) is 39.0 Å². The summed E-state index contributed by atoms with van der Waals surface area (Å²) in [7, 11) is 0. The average Bonchev–Trinajstić information content (AvgIpc) is 2.18. The highest BCUT2D eigenvalue weighted by molar-refractivity contribution is 9.10. The molecule has 0 aliphatic carbocycles. The zero-order chi connectivity index (χ0) is 10.4. The van der Waals surface area contributed by atoms with Crippen molar-refractivity contribution in [3.63, 3.8) is 0 Å². The van der Waals surface area contributed by atoms with E-state index in [0.29, 0.717) is 10.4 Å². The summed E-state index contributed by atoms with van der Waals surface area (Å²) in [6.07, 6.45) is 7.75. The normalized spacial score (nSPS) is 10.4. The molecule has 0 radical (unpaired) electrons. The maximum absolute atomic E-state index is 5.54. The minimum atomic E-state index is 0.460. The highest BCUT2D eigenvalue weighted by Gasteiger charge is 2.00. The van der Waals surface area contributed by atoms with E-state index >= 15 is 0 Å². The van der Waals surface area contributed by atoms with Gasteiger partial charge < -0.3 is 5.73 Å². The minimum Gasteiger partial charge on any atom is -0.381 e. The molecule has 3 nitrogen and oxygen atoms in total. The van der Waals surface area contributed by atoms with Crippen LogP contribution in [0.15, 0.2) is 10.8 Å². The summed E-state index contributed by atoms with van der Waals surface area (Å²) < 4.78 is 0.658. The number of unbranched alkanes of at least 4 members (excludes halogenated alkanes) is 3. The minimum absolute atomic E-state index is 0.460. The Labute approximate surface area is 93.3 Å². The van der Waals surface area contributed by atoms with Gasteiger partial charge in [-0.25, -0.2) is 9.97 Å². The number of hydrogen-bond donors (Lipinski definition) is 1. The first-order chi connectivity index (χ1) is 6.74. The second-order valence-corrected chi connectivity index (χ2v) is 4.10. The standard InChI is InChI=1S/C10H16BrN3/c1-2-3-4-5-6-8-7-13-10(12)9(11)14-8/h7H,2-6H2,1H3,(H2,12,13). The Morgan fingerprint density at radius 3 is 2.79 bits per heavy atom. The fourth-order valence-electron chi connectivity index (χ4n) is 1.26. The molecule has 0 saturated heterocycles. The molecule has 0 bridgehead atoms. The van der Waals surface area contributed by atoms with Crippen LogP contribution in [0.2, 0.25) is 0 Å². The van der Waals surface area contributed by atoms with E-state index in [1.54, 1.807) is 6.20 Å². The summed E-state index contributed by atoms with van der Waals surface area (Å²) in [5.41, 5.74) is 6.56. The third-order valence-electron chi connectivity index (χ3n) is 2.09. The van der Waals surface area contributed by atoms with Gasteiger partial charge in [-0.2, -0.15) is 0 Å². The second kappa shape index (κ2) is 5.96. The highest BCUT2D eigenvalue weighted by Crippen LogP contribution is 2.14. The number of aromatic nitrogens is 2.